The van der Waals surface area contributed by atoms with Gasteiger partial charge in [0.25, 0.3) is 0 Å². The highest BCUT2D eigenvalue weighted by Gasteiger charge is 2.49. The molecule has 7 nitrogen and oxygen atoms in total. The fourth-order valence-corrected chi connectivity index (χ4v) is 4.08. The Bertz CT molecular complexity index is 776. The molecule has 30 heavy (non-hydrogen) atoms. The minimum absolute atomic E-state index is 0.296. The quantitative estimate of drug-likeness (QED) is 0.643. The van der Waals surface area contributed by atoms with Crippen molar-refractivity contribution in [2.75, 3.05) is 12.4 Å². The summed E-state index contributed by atoms with van der Waals surface area (Å²) in [6.07, 6.45) is -4.62. The molecule has 1 heterocycles. The van der Waals surface area contributed by atoms with Crippen LogP contribution in [0.1, 0.15) is 27.6 Å². The maximum absolute atomic E-state index is 12.7. The first-order valence-corrected chi connectivity index (χ1v) is 10.7. The predicted molar refractivity (Wildman–Crippen MR) is 111 cm³/mol. The van der Waals surface area contributed by atoms with Gasteiger partial charge in [0.1, 0.15) is 17.6 Å². The molecule has 0 saturated carbocycles. The monoisotopic (exact) mass is 432 g/mol. The molecule has 8 heteroatoms. The molecule has 5 atom stereocenters. The van der Waals surface area contributed by atoms with Crippen molar-refractivity contribution in [1.82, 2.24) is 0 Å². The Balaban J connectivity index is 1.87. The predicted octanol–water partition coefficient (Wildman–Crippen LogP) is 2.27. The Kier molecular flexibility index (Phi) is 7.87. The standard InChI is InChI=1S/C22H24O7S/c1-2-30-22-19(29-21(26)15-11-7-4-8-12-15)18(17(24)16(13-23)27-22)28-20(25)14-9-5-3-6-10-14/h3-12,16-19,22-24H,2,13H2,1H3/t16?,17-,18+,19?,22+/m1/s1. The molecular formula is C22H24O7S. The van der Waals surface area contributed by atoms with E-state index >= 15 is 0 Å². The third-order valence-electron chi connectivity index (χ3n) is 4.63. The van der Waals surface area contributed by atoms with Gasteiger partial charge in [-0.3, -0.25) is 0 Å². The van der Waals surface area contributed by atoms with Crippen LogP contribution in [0.5, 0.6) is 0 Å². The lowest BCUT2D eigenvalue weighted by molar-refractivity contribution is -0.206. The van der Waals surface area contributed by atoms with Gasteiger partial charge < -0.3 is 24.4 Å². The average Bonchev–Trinajstić information content (AvgIpc) is 2.78. The lowest BCUT2D eigenvalue weighted by Crippen LogP contribution is -2.60. The molecule has 2 aromatic rings. The average molecular weight is 432 g/mol. The van der Waals surface area contributed by atoms with Crippen LogP contribution in [0.4, 0.5) is 0 Å². The molecule has 2 aromatic carbocycles. The van der Waals surface area contributed by atoms with E-state index in [1.54, 1.807) is 60.7 Å². The first-order valence-electron chi connectivity index (χ1n) is 9.63. The summed E-state index contributed by atoms with van der Waals surface area (Å²) in [5, 5.41) is 20.3. The number of hydrogen-bond donors (Lipinski definition) is 2. The van der Waals surface area contributed by atoms with Gasteiger partial charge in [0.05, 0.1) is 17.7 Å². The van der Waals surface area contributed by atoms with E-state index in [-0.39, 0.29) is 0 Å². The zero-order valence-electron chi connectivity index (χ0n) is 16.4. The van der Waals surface area contributed by atoms with Crippen molar-refractivity contribution in [3.63, 3.8) is 0 Å². The van der Waals surface area contributed by atoms with Gasteiger partial charge in [0.15, 0.2) is 12.2 Å². The number of thioether (sulfide) groups is 1. The number of benzene rings is 2. The summed E-state index contributed by atoms with van der Waals surface area (Å²) in [4.78, 5) is 25.3. The van der Waals surface area contributed by atoms with E-state index in [0.717, 1.165) is 0 Å². The lowest BCUT2D eigenvalue weighted by Gasteiger charge is -2.42. The normalized spacial score (nSPS) is 26.0. The minimum Gasteiger partial charge on any atom is -0.452 e. The van der Waals surface area contributed by atoms with Crippen LogP contribution >= 0.6 is 11.8 Å². The number of carbonyl (C=O) groups is 2. The van der Waals surface area contributed by atoms with Gasteiger partial charge in [0.2, 0.25) is 0 Å². The number of esters is 2. The van der Waals surface area contributed by atoms with Crippen LogP contribution in [0.3, 0.4) is 0 Å². The van der Waals surface area contributed by atoms with Crippen molar-refractivity contribution < 1.29 is 34.0 Å². The van der Waals surface area contributed by atoms with Crippen molar-refractivity contribution in [2.45, 2.75) is 36.8 Å². The molecule has 0 aliphatic carbocycles. The Labute approximate surface area is 179 Å². The zero-order chi connectivity index (χ0) is 21.5. The Hall–Kier alpha value is -2.39. The summed E-state index contributed by atoms with van der Waals surface area (Å²) in [6, 6.07) is 16.7. The minimum atomic E-state index is -1.37. The first-order chi connectivity index (χ1) is 14.5. The fraction of sp³-hybridized carbons (Fsp3) is 0.364. The van der Waals surface area contributed by atoms with E-state index < -0.39 is 48.4 Å². The molecule has 0 amide bonds. The molecule has 3 rings (SSSR count). The number of ether oxygens (including phenoxy) is 3. The molecule has 160 valence electrons. The van der Waals surface area contributed by atoms with Gasteiger partial charge in [-0.2, -0.15) is 0 Å². The van der Waals surface area contributed by atoms with Crippen molar-refractivity contribution >= 4 is 23.7 Å². The van der Waals surface area contributed by atoms with E-state index in [1.165, 1.54) is 11.8 Å². The topological polar surface area (TPSA) is 102 Å². The van der Waals surface area contributed by atoms with Crippen LogP contribution in [0.2, 0.25) is 0 Å². The number of aliphatic hydroxyl groups is 2. The van der Waals surface area contributed by atoms with E-state index in [1.807, 2.05) is 6.92 Å². The van der Waals surface area contributed by atoms with Crippen LogP contribution in [-0.2, 0) is 14.2 Å². The van der Waals surface area contributed by atoms with E-state index in [2.05, 4.69) is 0 Å². The van der Waals surface area contributed by atoms with Gasteiger partial charge in [0, 0.05) is 0 Å². The summed E-state index contributed by atoms with van der Waals surface area (Å²) in [7, 11) is 0. The highest BCUT2D eigenvalue weighted by Crippen LogP contribution is 2.33. The van der Waals surface area contributed by atoms with Crippen LogP contribution in [0.25, 0.3) is 0 Å². The lowest BCUT2D eigenvalue weighted by atomic mass is 9.99. The number of rotatable bonds is 7. The highest BCUT2D eigenvalue weighted by atomic mass is 32.2. The highest BCUT2D eigenvalue weighted by molar-refractivity contribution is 7.99. The van der Waals surface area contributed by atoms with Gasteiger partial charge in [-0.25, -0.2) is 9.59 Å². The molecule has 1 saturated heterocycles. The Morgan fingerprint density at radius 2 is 1.43 bits per heavy atom. The van der Waals surface area contributed by atoms with Gasteiger partial charge in [-0.15, -0.1) is 11.8 Å². The maximum atomic E-state index is 12.7. The van der Waals surface area contributed by atoms with Crippen LogP contribution in [0, 0.1) is 0 Å². The van der Waals surface area contributed by atoms with E-state index in [0.29, 0.717) is 16.9 Å². The van der Waals surface area contributed by atoms with Gasteiger partial charge in [-0.05, 0) is 30.0 Å². The van der Waals surface area contributed by atoms with E-state index in [9.17, 15) is 19.8 Å². The molecule has 0 aromatic heterocycles. The van der Waals surface area contributed by atoms with Crippen molar-refractivity contribution in [3.8, 4) is 0 Å². The second-order valence-electron chi connectivity index (χ2n) is 6.64. The zero-order valence-corrected chi connectivity index (χ0v) is 17.2. The van der Waals surface area contributed by atoms with Crippen LogP contribution in [0.15, 0.2) is 60.7 Å². The number of carbonyl (C=O) groups excluding carboxylic acids is 2. The summed E-state index contributed by atoms with van der Waals surface area (Å²) >= 11 is 1.33. The van der Waals surface area contributed by atoms with Crippen molar-refractivity contribution in [3.05, 3.63) is 71.8 Å². The van der Waals surface area contributed by atoms with Gasteiger partial charge in [-0.1, -0.05) is 43.3 Å². The summed E-state index contributed by atoms with van der Waals surface area (Å²) < 4.78 is 17.0. The third kappa shape index (κ3) is 5.20. The SMILES string of the molecule is CCS[C@@H]1OC(CO)[C@@H](O)[C@H](OC(=O)c2ccccc2)C1OC(=O)c1ccccc1. The molecule has 1 fully saturated rings. The summed E-state index contributed by atoms with van der Waals surface area (Å²) in [5.41, 5.74) is -0.106. The van der Waals surface area contributed by atoms with E-state index in [4.69, 9.17) is 14.2 Å². The van der Waals surface area contributed by atoms with Gasteiger partial charge >= 0.3 is 11.9 Å². The molecular weight excluding hydrogens is 408 g/mol. The first kappa shape index (κ1) is 22.3. The molecule has 2 unspecified atom stereocenters. The smallest absolute Gasteiger partial charge is 0.338 e. The van der Waals surface area contributed by atoms with Crippen LogP contribution in [-0.4, -0.2) is 64.4 Å². The van der Waals surface area contributed by atoms with Crippen molar-refractivity contribution in [2.24, 2.45) is 0 Å². The molecule has 1 aliphatic rings. The fourth-order valence-electron chi connectivity index (χ4n) is 3.13. The Morgan fingerprint density at radius 3 is 1.90 bits per heavy atom. The maximum Gasteiger partial charge on any atom is 0.338 e. The third-order valence-corrected chi connectivity index (χ3v) is 5.68. The second-order valence-corrected chi connectivity index (χ2v) is 8.02. The molecule has 0 radical (unpaired) electrons. The number of hydrogen-bond acceptors (Lipinski definition) is 8. The summed E-state index contributed by atoms with van der Waals surface area (Å²) in [5.74, 6) is -0.668. The largest absolute Gasteiger partial charge is 0.452 e. The molecule has 0 bridgehead atoms. The molecule has 2 N–H and O–H groups in total. The molecule has 0 spiro atoms. The van der Waals surface area contributed by atoms with Crippen LogP contribution < -0.4 is 0 Å². The Morgan fingerprint density at radius 1 is 0.933 bits per heavy atom. The summed E-state index contributed by atoms with van der Waals surface area (Å²) in [6.45, 7) is 1.43. The molecule has 1 aliphatic heterocycles. The van der Waals surface area contributed by atoms with Crippen molar-refractivity contribution in [1.29, 1.82) is 0 Å². The second kappa shape index (κ2) is 10.6. The number of aliphatic hydroxyl groups excluding tert-OH is 2.